The fourth-order valence-electron chi connectivity index (χ4n) is 5.87. The molecule has 36 heavy (non-hydrogen) atoms. The molecule has 3 saturated heterocycles. The van der Waals surface area contributed by atoms with Gasteiger partial charge in [-0.25, -0.2) is 9.80 Å². The second kappa shape index (κ2) is 9.26. The van der Waals surface area contributed by atoms with Crippen molar-refractivity contribution in [2.24, 2.45) is 0 Å². The minimum absolute atomic E-state index is 0.160. The van der Waals surface area contributed by atoms with E-state index in [9.17, 15) is 19.2 Å². The highest BCUT2D eigenvalue weighted by Gasteiger charge is 2.46. The van der Waals surface area contributed by atoms with Gasteiger partial charge in [-0.2, -0.15) is 0 Å². The van der Waals surface area contributed by atoms with Crippen LogP contribution in [0.1, 0.15) is 35.1 Å². The number of anilines is 2. The van der Waals surface area contributed by atoms with Crippen molar-refractivity contribution in [3.63, 3.8) is 0 Å². The third-order valence-electron chi connectivity index (χ3n) is 7.41. The van der Waals surface area contributed by atoms with Crippen LogP contribution < -0.4 is 9.80 Å². The lowest BCUT2D eigenvalue weighted by atomic mass is 10.1. The third-order valence-corrected chi connectivity index (χ3v) is 7.41. The van der Waals surface area contributed by atoms with Crippen molar-refractivity contribution in [1.82, 2.24) is 9.80 Å². The Morgan fingerprint density at radius 1 is 0.528 bits per heavy atom. The van der Waals surface area contributed by atoms with Crippen LogP contribution in [0.3, 0.4) is 0 Å². The molecule has 2 aromatic rings. The van der Waals surface area contributed by atoms with Crippen LogP contribution in [0.4, 0.5) is 11.4 Å². The van der Waals surface area contributed by atoms with Gasteiger partial charge in [0.25, 0.3) is 11.8 Å². The summed E-state index contributed by atoms with van der Waals surface area (Å²) in [6.07, 6.45) is 0.320. The second-order valence-electron chi connectivity index (χ2n) is 10.3. The first-order valence-corrected chi connectivity index (χ1v) is 12.5. The number of imide groups is 2. The van der Waals surface area contributed by atoms with Crippen LogP contribution in [0, 0.1) is 27.7 Å². The van der Waals surface area contributed by atoms with Crippen LogP contribution in [0.5, 0.6) is 0 Å². The number of rotatable bonds is 4. The summed E-state index contributed by atoms with van der Waals surface area (Å²) < 4.78 is 0. The molecule has 0 N–H and O–H groups in total. The van der Waals surface area contributed by atoms with Gasteiger partial charge in [0.2, 0.25) is 11.8 Å². The second-order valence-corrected chi connectivity index (χ2v) is 10.3. The first kappa shape index (κ1) is 24.3. The van der Waals surface area contributed by atoms with Crippen molar-refractivity contribution in [3.05, 3.63) is 58.7 Å². The number of nitrogens with zero attached hydrogens (tertiary/aromatic N) is 4. The average molecular weight is 489 g/mol. The maximum atomic E-state index is 13.3. The molecule has 0 spiro atoms. The topological polar surface area (TPSA) is 81.2 Å². The number of amides is 4. The van der Waals surface area contributed by atoms with Gasteiger partial charge < -0.3 is 0 Å². The molecule has 0 radical (unpaired) electrons. The highest BCUT2D eigenvalue weighted by atomic mass is 16.2. The lowest BCUT2D eigenvalue weighted by Gasteiger charge is -2.38. The predicted octanol–water partition coefficient (Wildman–Crippen LogP) is 2.50. The van der Waals surface area contributed by atoms with Gasteiger partial charge in [0.1, 0.15) is 0 Å². The van der Waals surface area contributed by atoms with Crippen molar-refractivity contribution in [2.45, 2.75) is 52.6 Å². The van der Waals surface area contributed by atoms with E-state index in [-0.39, 0.29) is 36.5 Å². The molecule has 2 atom stereocenters. The van der Waals surface area contributed by atoms with E-state index in [1.54, 1.807) is 0 Å². The summed E-state index contributed by atoms with van der Waals surface area (Å²) in [6.45, 7) is 10.1. The van der Waals surface area contributed by atoms with Crippen molar-refractivity contribution >= 4 is 35.0 Å². The van der Waals surface area contributed by atoms with Crippen LogP contribution in [-0.2, 0) is 19.2 Å². The summed E-state index contributed by atoms with van der Waals surface area (Å²) in [5, 5.41) is 0. The number of benzene rings is 2. The number of piperazine rings is 1. The fourth-order valence-corrected chi connectivity index (χ4v) is 5.87. The molecule has 3 fully saturated rings. The van der Waals surface area contributed by atoms with E-state index in [1.165, 1.54) is 9.80 Å². The Bertz CT molecular complexity index is 1130. The number of carbonyl (C=O) groups excluding carboxylic acids is 4. The first-order chi connectivity index (χ1) is 17.1. The lowest BCUT2D eigenvalue weighted by molar-refractivity contribution is -0.126. The van der Waals surface area contributed by atoms with E-state index in [2.05, 4.69) is 0 Å². The molecule has 188 valence electrons. The molecule has 4 amide bonds. The van der Waals surface area contributed by atoms with Crippen molar-refractivity contribution in [1.29, 1.82) is 0 Å². The standard InChI is InChI=1S/C28H32N4O4/c1-17-9-18(2)12-21(11-17)31-25(33)15-23(27(31)35)29-5-7-30(8-6-29)24-16-26(34)32(28(24)36)22-13-19(3)10-20(4)14-22/h9-14,23-24H,5-8,15-16H2,1-4H3/t23-,24-/m1/s1. The summed E-state index contributed by atoms with van der Waals surface area (Å²) >= 11 is 0. The number of hydrogen-bond donors (Lipinski definition) is 0. The van der Waals surface area contributed by atoms with Crippen molar-refractivity contribution in [2.75, 3.05) is 36.0 Å². The van der Waals surface area contributed by atoms with Crippen LogP contribution in [0.15, 0.2) is 36.4 Å². The van der Waals surface area contributed by atoms with E-state index in [4.69, 9.17) is 0 Å². The molecule has 2 aromatic carbocycles. The largest absolute Gasteiger partial charge is 0.289 e. The summed E-state index contributed by atoms with van der Waals surface area (Å²) in [7, 11) is 0. The normalized spacial score (nSPS) is 23.9. The molecule has 0 bridgehead atoms. The lowest BCUT2D eigenvalue weighted by Crippen LogP contribution is -2.56. The molecule has 8 heteroatoms. The Morgan fingerprint density at radius 2 is 0.833 bits per heavy atom. The minimum Gasteiger partial charge on any atom is -0.289 e. The average Bonchev–Trinajstić information content (AvgIpc) is 3.26. The van der Waals surface area contributed by atoms with Gasteiger partial charge in [-0.05, 0) is 74.2 Å². The molecule has 8 nitrogen and oxygen atoms in total. The zero-order valence-corrected chi connectivity index (χ0v) is 21.3. The van der Waals surface area contributed by atoms with Crippen LogP contribution in [0.25, 0.3) is 0 Å². The van der Waals surface area contributed by atoms with Gasteiger partial charge in [-0.1, -0.05) is 12.1 Å². The van der Waals surface area contributed by atoms with E-state index in [0.717, 1.165) is 22.3 Å². The maximum absolute atomic E-state index is 13.3. The van der Waals surface area contributed by atoms with E-state index >= 15 is 0 Å². The van der Waals surface area contributed by atoms with E-state index < -0.39 is 12.1 Å². The Kier molecular flexibility index (Phi) is 6.26. The number of carbonyl (C=O) groups is 4. The summed E-state index contributed by atoms with van der Waals surface area (Å²) in [5.74, 6) is -0.741. The van der Waals surface area contributed by atoms with Gasteiger partial charge in [0.15, 0.2) is 0 Å². The zero-order valence-electron chi connectivity index (χ0n) is 21.3. The third kappa shape index (κ3) is 4.35. The van der Waals surface area contributed by atoms with E-state index in [1.807, 2.05) is 73.9 Å². The Hall–Kier alpha value is -3.36. The Morgan fingerprint density at radius 3 is 1.14 bits per heavy atom. The molecular weight excluding hydrogens is 456 g/mol. The minimum atomic E-state index is -0.492. The van der Waals surface area contributed by atoms with Gasteiger partial charge in [0, 0.05) is 26.2 Å². The molecule has 0 aromatic heterocycles. The van der Waals surface area contributed by atoms with Gasteiger partial charge in [0.05, 0.1) is 36.3 Å². The van der Waals surface area contributed by atoms with Gasteiger partial charge in [-0.3, -0.25) is 29.0 Å². The maximum Gasteiger partial charge on any atom is 0.251 e. The molecule has 0 aliphatic carbocycles. The van der Waals surface area contributed by atoms with Crippen molar-refractivity contribution < 1.29 is 19.2 Å². The van der Waals surface area contributed by atoms with Crippen LogP contribution in [-0.4, -0.2) is 71.7 Å². The van der Waals surface area contributed by atoms with E-state index in [0.29, 0.717) is 37.6 Å². The summed E-state index contributed by atoms with van der Waals surface area (Å²) in [4.78, 5) is 58.9. The number of hydrogen-bond acceptors (Lipinski definition) is 6. The van der Waals surface area contributed by atoms with Crippen molar-refractivity contribution in [3.8, 4) is 0 Å². The highest BCUT2D eigenvalue weighted by Crippen LogP contribution is 2.30. The quantitative estimate of drug-likeness (QED) is 0.616. The monoisotopic (exact) mass is 488 g/mol. The molecular formula is C28H32N4O4. The Labute approximate surface area is 211 Å². The highest BCUT2D eigenvalue weighted by molar-refractivity contribution is 6.23. The molecule has 5 rings (SSSR count). The fraction of sp³-hybridized carbons (Fsp3) is 0.429. The first-order valence-electron chi connectivity index (χ1n) is 12.5. The SMILES string of the molecule is Cc1cc(C)cc(N2C(=O)C[C@@H](N3CCN([C@@H]4CC(=O)N(c5cc(C)cc(C)c5)C4=O)CC3)C2=O)c1. The van der Waals surface area contributed by atoms with Crippen LogP contribution >= 0.6 is 0 Å². The van der Waals surface area contributed by atoms with Gasteiger partial charge in [-0.15, -0.1) is 0 Å². The van der Waals surface area contributed by atoms with Crippen LogP contribution in [0.2, 0.25) is 0 Å². The Balaban J connectivity index is 1.25. The summed E-state index contributed by atoms with van der Waals surface area (Å²) in [6, 6.07) is 10.5. The predicted molar refractivity (Wildman–Crippen MR) is 137 cm³/mol. The smallest absolute Gasteiger partial charge is 0.251 e. The molecule has 3 heterocycles. The molecule has 3 aliphatic rings. The molecule has 0 unspecified atom stereocenters. The van der Waals surface area contributed by atoms with Gasteiger partial charge >= 0.3 is 0 Å². The molecule has 0 saturated carbocycles. The summed E-state index contributed by atoms with van der Waals surface area (Å²) in [5.41, 5.74) is 5.29. The number of aryl methyl sites for hydroxylation is 4. The molecule has 3 aliphatic heterocycles. The zero-order chi connectivity index (χ0) is 25.7.